The van der Waals surface area contributed by atoms with Gasteiger partial charge < -0.3 is 19.5 Å². The third kappa shape index (κ3) is 4.40. The molecule has 2 aromatic carbocycles. The molecule has 1 unspecified atom stereocenters. The molecule has 0 aliphatic carbocycles. The van der Waals surface area contributed by atoms with Crippen LogP contribution in [0.3, 0.4) is 0 Å². The molecule has 1 fully saturated rings. The smallest absolute Gasteiger partial charge is 0.295 e. The Balaban J connectivity index is 2.07. The summed E-state index contributed by atoms with van der Waals surface area (Å²) >= 11 is 5.92. The molecule has 0 bridgehead atoms. The largest absolute Gasteiger partial charge is 0.507 e. The van der Waals surface area contributed by atoms with Crippen molar-refractivity contribution in [2.24, 2.45) is 0 Å². The second-order valence-corrected chi connectivity index (χ2v) is 7.10. The van der Waals surface area contributed by atoms with E-state index in [1.54, 1.807) is 54.6 Å². The van der Waals surface area contributed by atoms with Crippen LogP contribution >= 0.6 is 11.6 Å². The summed E-state index contributed by atoms with van der Waals surface area (Å²) in [7, 11) is 1.52. The molecule has 0 spiro atoms. The van der Waals surface area contributed by atoms with E-state index >= 15 is 0 Å². The maximum absolute atomic E-state index is 12.8. The van der Waals surface area contributed by atoms with E-state index in [9.17, 15) is 14.7 Å². The number of amides is 1. The van der Waals surface area contributed by atoms with Crippen molar-refractivity contribution in [3.63, 3.8) is 0 Å². The van der Waals surface area contributed by atoms with Crippen LogP contribution in [0.25, 0.3) is 5.76 Å². The highest BCUT2D eigenvalue weighted by molar-refractivity contribution is 6.46. The molecule has 0 saturated carbocycles. The predicted octanol–water partition coefficient (Wildman–Crippen LogP) is 3.97. The first-order valence-electron chi connectivity index (χ1n) is 9.35. The van der Waals surface area contributed by atoms with Gasteiger partial charge in [-0.3, -0.25) is 9.59 Å². The van der Waals surface area contributed by atoms with Crippen LogP contribution < -0.4 is 4.74 Å². The number of halogens is 1. The SMILES string of the molecule is C=CCOc1ccc(C2/C(=C(\O)c3ccc(Cl)cc3)C(=O)C(=O)N2CCOC)cc1. The van der Waals surface area contributed by atoms with Gasteiger partial charge in [0.05, 0.1) is 18.2 Å². The monoisotopic (exact) mass is 427 g/mol. The number of ketones is 1. The third-order valence-electron chi connectivity index (χ3n) is 4.76. The molecule has 3 rings (SSSR count). The zero-order valence-electron chi connectivity index (χ0n) is 16.5. The van der Waals surface area contributed by atoms with Crippen molar-refractivity contribution in [2.75, 3.05) is 26.9 Å². The molecule has 0 radical (unpaired) electrons. The van der Waals surface area contributed by atoms with Gasteiger partial charge in [0.15, 0.2) is 0 Å². The van der Waals surface area contributed by atoms with Gasteiger partial charge in [0, 0.05) is 24.2 Å². The Kier molecular flexibility index (Phi) is 6.92. The first kappa shape index (κ1) is 21.6. The number of hydrogen-bond donors (Lipinski definition) is 1. The Morgan fingerprint density at radius 2 is 1.83 bits per heavy atom. The standard InChI is InChI=1S/C23H22ClNO5/c1-3-13-30-18-10-6-15(7-11-18)20-19(21(26)16-4-8-17(24)9-5-16)22(27)23(28)25(20)12-14-29-2/h3-11,20,26H,1,12-14H2,2H3/b21-19+. The number of nitrogens with zero attached hydrogens (tertiary/aromatic N) is 1. The van der Waals surface area contributed by atoms with Crippen LogP contribution in [0.15, 0.2) is 66.8 Å². The first-order valence-corrected chi connectivity index (χ1v) is 9.72. The summed E-state index contributed by atoms with van der Waals surface area (Å²) in [6.07, 6.45) is 1.64. The lowest BCUT2D eigenvalue weighted by atomic mass is 9.95. The number of Topliss-reactive ketones (excluding diaryl/α,β-unsaturated/α-hetero) is 1. The number of aliphatic hydroxyl groups excluding tert-OH is 1. The number of methoxy groups -OCH3 is 1. The highest BCUT2D eigenvalue weighted by Crippen LogP contribution is 2.39. The fraction of sp³-hybridized carbons (Fsp3) is 0.217. The Bertz CT molecular complexity index is 966. The zero-order valence-corrected chi connectivity index (χ0v) is 17.3. The van der Waals surface area contributed by atoms with E-state index in [0.717, 1.165) is 0 Å². The predicted molar refractivity (Wildman–Crippen MR) is 114 cm³/mol. The second-order valence-electron chi connectivity index (χ2n) is 6.66. The van der Waals surface area contributed by atoms with Crippen molar-refractivity contribution in [1.82, 2.24) is 4.90 Å². The molecule has 6 nitrogen and oxygen atoms in total. The number of rotatable bonds is 8. The van der Waals surface area contributed by atoms with Crippen LogP contribution in [0.1, 0.15) is 17.2 Å². The van der Waals surface area contributed by atoms with Crippen LogP contribution in [0.5, 0.6) is 5.75 Å². The number of carbonyl (C=O) groups is 2. The molecule has 7 heteroatoms. The van der Waals surface area contributed by atoms with Gasteiger partial charge in [0.25, 0.3) is 11.7 Å². The van der Waals surface area contributed by atoms with Crippen molar-refractivity contribution in [3.8, 4) is 5.75 Å². The van der Waals surface area contributed by atoms with Gasteiger partial charge in [-0.1, -0.05) is 36.4 Å². The quantitative estimate of drug-likeness (QED) is 0.298. The van der Waals surface area contributed by atoms with Crippen LogP contribution in [0.2, 0.25) is 5.02 Å². The number of ether oxygens (including phenoxy) is 2. The summed E-state index contributed by atoms with van der Waals surface area (Å²) in [4.78, 5) is 27.0. The van der Waals surface area contributed by atoms with Crippen molar-refractivity contribution in [1.29, 1.82) is 0 Å². The number of hydrogen-bond acceptors (Lipinski definition) is 5. The zero-order chi connectivity index (χ0) is 21.7. The van der Waals surface area contributed by atoms with Gasteiger partial charge in [-0.05, 0) is 42.0 Å². The van der Waals surface area contributed by atoms with Gasteiger partial charge >= 0.3 is 0 Å². The summed E-state index contributed by atoms with van der Waals surface area (Å²) in [6, 6.07) is 12.7. The van der Waals surface area contributed by atoms with Gasteiger partial charge in [0.1, 0.15) is 18.1 Å². The Hall–Kier alpha value is -3.09. The molecule has 1 aliphatic heterocycles. The average molecular weight is 428 g/mol. The topological polar surface area (TPSA) is 76.1 Å². The van der Waals surface area contributed by atoms with Crippen molar-refractivity contribution >= 4 is 29.1 Å². The summed E-state index contributed by atoms with van der Waals surface area (Å²) in [5, 5.41) is 11.4. The van der Waals surface area contributed by atoms with E-state index in [-0.39, 0.29) is 24.5 Å². The van der Waals surface area contributed by atoms with Crippen LogP contribution in [0.4, 0.5) is 0 Å². The van der Waals surface area contributed by atoms with E-state index in [4.69, 9.17) is 21.1 Å². The molecule has 1 amide bonds. The van der Waals surface area contributed by atoms with E-state index in [0.29, 0.717) is 28.5 Å². The number of likely N-dealkylation sites (tertiary alicyclic amines) is 1. The Morgan fingerprint density at radius 1 is 1.17 bits per heavy atom. The summed E-state index contributed by atoms with van der Waals surface area (Å²) < 4.78 is 10.6. The minimum absolute atomic E-state index is 0.0261. The van der Waals surface area contributed by atoms with Crippen molar-refractivity contribution in [2.45, 2.75) is 6.04 Å². The molecular formula is C23H22ClNO5. The fourth-order valence-electron chi connectivity index (χ4n) is 3.31. The lowest BCUT2D eigenvalue weighted by Gasteiger charge is -2.25. The van der Waals surface area contributed by atoms with E-state index in [2.05, 4.69) is 6.58 Å². The van der Waals surface area contributed by atoms with Crippen LogP contribution in [-0.4, -0.2) is 48.6 Å². The first-order chi connectivity index (χ1) is 14.5. The van der Waals surface area contributed by atoms with E-state index in [1.165, 1.54) is 12.0 Å². The molecule has 2 aromatic rings. The summed E-state index contributed by atoms with van der Waals surface area (Å²) in [5.74, 6) is -1.04. The maximum Gasteiger partial charge on any atom is 0.295 e. The van der Waals surface area contributed by atoms with Crippen molar-refractivity contribution < 1.29 is 24.2 Å². The lowest BCUT2D eigenvalue weighted by molar-refractivity contribution is -0.140. The minimum atomic E-state index is -0.746. The summed E-state index contributed by atoms with van der Waals surface area (Å²) in [5.41, 5.74) is 1.10. The van der Waals surface area contributed by atoms with Gasteiger partial charge in [0.2, 0.25) is 0 Å². The minimum Gasteiger partial charge on any atom is -0.507 e. The van der Waals surface area contributed by atoms with Gasteiger partial charge in [-0.25, -0.2) is 0 Å². The van der Waals surface area contributed by atoms with Crippen molar-refractivity contribution in [3.05, 3.63) is 82.9 Å². The van der Waals surface area contributed by atoms with Gasteiger partial charge in [-0.2, -0.15) is 0 Å². The third-order valence-corrected chi connectivity index (χ3v) is 5.01. The Morgan fingerprint density at radius 3 is 2.43 bits per heavy atom. The molecule has 156 valence electrons. The Labute approximate surface area is 180 Å². The van der Waals surface area contributed by atoms with E-state index < -0.39 is 17.7 Å². The highest BCUT2D eigenvalue weighted by Gasteiger charge is 2.45. The maximum atomic E-state index is 12.8. The van der Waals surface area contributed by atoms with Crippen LogP contribution in [-0.2, 0) is 14.3 Å². The second kappa shape index (κ2) is 9.61. The lowest BCUT2D eigenvalue weighted by Crippen LogP contribution is -2.32. The van der Waals surface area contributed by atoms with Gasteiger partial charge in [-0.15, -0.1) is 0 Å². The highest BCUT2D eigenvalue weighted by atomic mass is 35.5. The molecule has 30 heavy (non-hydrogen) atoms. The molecular weight excluding hydrogens is 406 g/mol. The molecule has 1 saturated heterocycles. The number of benzene rings is 2. The number of aliphatic hydroxyl groups is 1. The average Bonchev–Trinajstić information content (AvgIpc) is 3.01. The van der Waals surface area contributed by atoms with E-state index in [1.807, 2.05) is 0 Å². The number of carbonyl (C=O) groups excluding carboxylic acids is 2. The molecule has 1 aliphatic rings. The molecule has 1 N–H and O–H groups in total. The van der Waals surface area contributed by atoms with Crippen LogP contribution in [0, 0.1) is 0 Å². The fourth-order valence-corrected chi connectivity index (χ4v) is 3.44. The molecule has 1 atom stereocenters. The molecule has 1 heterocycles. The summed E-state index contributed by atoms with van der Waals surface area (Å²) in [6.45, 7) is 4.44. The normalized spacial score (nSPS) is 17.9. The molecule has 0 aromatic heterocycles.